The average molecular weight is 501 g/mol. The fourth-order valence-electron chi connectivity index (χ4n) is 5.21. The van der Waals surface area contributed by atoms with Crippen LogP contribution in [0.3, 0.4) is 0 Å². The number of carbonyl (C=O) groups is 1. The fourth-order valence-corrected chi connectivity index (χ4v) is 5.98. The maximum absolute atomic E-state index is 13.2. The van der Waals surface area contributed by atoms with Crippen LogP contribution in [-0.2, 0) is 13.5 Å². The predicted molar refractivity (Wildman–Crippen MR) is 145 cm³/mol. The number of aryl methyl sites for hydroxylation is 1. The zero-order valence-corrected chi connectivity index (χ0v) is 21.7. The van der Waals surface area contributed by atoms with E-state index in [-0.39, 0.29) is 11.3 Å². The highest BCUT2D eigenvalue weighted by Crippen LogP contribution is 2.39. The summed E-state index contributed by atoms with van der Waals surface area (Å²) in [6, 6.07) is 15.8. The molecule has 3 heterocycles. The third-order valence-corrected chi connectivity index (χ3v) is 8.13. The Kier molecular flexibility index (Phi) is 7.23. The van der Waals surface area contributed by atoms with Crippen molar-refractivity contribution in [3.8, 4) is 0 Å². The topological polar surface area (TPSA) is 75.9 Å². The van der Waals surface area contributed by atoms with Gasteiger partial charge in [-0.15, -0.1) is 0 Å². The van der Waals surface area contributed by atoms with E-state index < -0.39 is 0 Å². The number of para-hydroxylation sites is 1. The molecule has 0 saturated carbocycles. The molecule has 1 aliphatic rings. The summed E-state index contributed by atoms with van der Waals surface area (Å²) in [6.45, 7) is 3.85. The molecule has 4 aromatic rings. The van der Waals surface area contributed by atoms with Crippen LogP contribution in [0.25, 0.3) is 11.0 Å². The molecule has 7 nitrogen and oxygen atoms in total. The number of anilines is 1. The van der Waals surface area contributed by atoms with Crippen molar-refractivity contribution in [3.05, 3.63) is 78.4 Å². The molecule has 186 valence electrons. The lowest BCUT2D eigenvalue weighted by Gasteiger charge is -2.42. The van der Waals surface area contributed by atoms with E-state index in [1.807, 2.05) is 65.3 Å². The number of benzene rings is 2. The summed E-state index contributed by atoms with van der Waals surface area (Å²) >= 11 is 1.50. The Morgan fingerprint density at radius 1 is 1.03 bits per heavy atom. The highest BCUT2D eigenvalue weighted by Gasteiger charge is 2.36. The molecule has 0 atom stereocenters. The quantitative estimate of drug-likeness (QED) is 0.311. The zero-order valence-electron chi connectivity index (χ0n) is 20.9. The third kappa shape index (κ3) is 5.23. The van der Waals surface area contributed by atoms with Gasteiger partial charge in [0, 0.05) is 55.7 Å². The Hall–Kier alpha value is -3.39. The van der Waals surface area contributed by atoms with E-state index in [4.69, 9.17) is 0 Å². The Balaban J connectivity index is 1.19. The van der Waals surface area contributed by atoms with E-state index in [0.29, 0.717) is 0 Å². The van der Waals surface area contributed by atoms with Gasteiger partial charge in [-0.25, -0.2) is 0 Å². The van der Waals surface area contributed by atoms with Gasteiger partial charge in [-0.2, -0.15) is 5.10 Å². The summed E-state index contributed by atoms with van der Waals surface area (Å²) in [5.74, 6) is 0.115. The highest BCUT2D eigenvalue weighted by atomic mass is 32.2. The standard InChI is InChI=1S/C28H32N6OS/c1-3-12-28(20-23-11-15-31-33(23)2)13-18-34(19-14-28)27(35)21-7-9-22(10-8-21)32-36-25-6-4-5-24-26(25)30-17-16-29-24/h4-11,15-17,32H,3,12-14,18-20H2,1-2H3. The number of fused-ring (bicyclic) bond motifs is 1. The van der Waals surface area contributed by atoms with Gasteiger partial charge in [-0.05, 0) is 85.5 Å². The molecule has 1 saturated heterocycles. The van der Waals surface area contributed by atoms with Crippen molar-refractivity contribution >= 4 is 34.6 Å². The SMILES string of the molecule is CCCC1(Cc2ccnn2C)CCN(C(=O)c2ccc(NSc3cccc4nccnc34)cc2)CC1. The van der Waals surface area contributed by atoms with E-state index in [1.54, 1.807) is 12.4 Å². The molecule has 36 heavy (non-hydrogen) atoms. The number of likely N-dealkylation sites (tertiary alicyclic amines) is 1. The van der Waals surface area contributed by atoms with Gasteiger partial charge >= 0.3 is 0 Å². The summed E-state index contributed by atoms with van der Waals surface area (Å²) in [5, 5.41) is 4.35. The molecular weight excluding hydrogens is 468 g/mol. The first-order valence-electron chi connectivity index (χ1n) is 12.6. The molecule has 1 amide bonds. The number of piperidine rings is 1. The van der Waals surface area contributed by atoms with Crippen LogP contribution < -0.4 is 4.72 Å². The minimum absolute atomic E-state index is 0.115. The van der Waals surface area contributed by atoms with Gasteiger partial charge in [0.2, 0.25) is 0 Å². The van der Waals surface area contributed by atoms with Crippen molar-refractivity contribution in [1.29, 1.82) is 0 Å². The fraction of sp³-hybridized carbons (Fsp3) is 0.357. The van der Waals surface area contributed by atoms with Crippen molar-refractivity contribution in [1.82, 2.24) is 24.6 Å². The van der Waals surface area contributed by atoms with Gasteiger partial charge in [0.05, 0.1) is 10.4 Å². The highest BCUT2D eigenvalue weighted by molar-refractivity contribution is 8.00. The van der Waals surface area contributed by atoms with Crippen LogP contribution in [0.15, 0.2) is 72.0 Å². The number of nitrogens with one attached hydrogen (secondary N) is 1. The largest absolute Gasteiger partial charge is 0.339 e. The normalized spacial score (nSPS) is 15.2. The van der Waals surface area contributed by atoms with Crippen LogP contribution >= 0.6 is 11.9 Å². The van der Waals surface area contributed by atoms with E-state index in [1.165, 1.54) is 24.1 Å². The second-order valence-electron chi connectivity index (χ2n) is 9.63. The zero-order chi connectivity index (χ0) is 25.0. The lowest BCUT2D eigenvalue weighted by atomic mass is 9.71. The Morgan fingerprint density at radius 3 is 2.53 bits per heavy atom. The predicted octanol–water partition coefficient (Wildman–Crippen LogP) is 5.75. The van der Waals surface area contributed by atoms with Gasteiger partial charge in [0.15, 0.2) is 0 Å². The van der Waals surface area contributed by atoms with E-state index in [9.17, 15) is 4.79 Å². The van der Waals surface area contributed by atoms with Crippen molar-refractivity contribution < 1.29 is 4.79 Å². The maximum Gasteiger partial charge on any atom is 0.253 e. The van der Waals surface area contributed by atoms with Crippen molar-refractivity contribution in [2.75, 3.05) is 17.8 Å². The number of nitrogens with zero attached hydrogens (tertiary/aromatic N) is 5. The van der Waals surface area contributed by atoms with E-state index >= 15 is 0 Å². The minimum atomic E-state index is 0.115. The minimum Gasteiger partial charge on any atom is -0.339 e. The molecule has 1 N–H and O–H groups in total. The number of hydrogen-bond acceptors (Lipinski definition) is 6. The summed E-state index contributed by atoms with van der Waals surface area (Å²) in [7, 11) is 2.01. The molecule has 5 rings (SSSR count). The lowest BCUT2D eigenvalue weighted by molar-refractivity contribution is 0.0550. The smallest absolute Gasteiger partial charge is 0.253 e. The maximum atomic E-state index is 13.2. The molecule has 1 aliphatic heterocycles. The van der Waals surface area contributed by atoms with Gasteiger partial charge < -0.3 is 9.62 Å². The van der Waals surface area contributed by atoms with Gasteiger partial charge in [-0.3, -0.25) is 19.4 Å². The summed E-state index contributed by atoms with van der Waals surface area (Å²) in [6.07, 6.45) is 10.7. The number of carbonyl (C=O) groups excluding carboxylic acids is 1. The van der Waals surface area contributed by atoms with Crippen molar-refractivity contribution in [2.24, 2.45) is 12.5 Å². The van der Waals surface area contributed by atoms with Crippen LogP contribution in [0.2, 0.25) is 0 Å². The first-order chi connectivity index (χ1) is 17.6. The Bertz CT molecular complexity index is 1320. The van der Waals surface area contributed by atoms with Gasteiger partial charge in [0.1, 0.15) is 5.52 Å². The molecule has 0 unspecified atom stereocenters. The molecule has 2 aromatic heterocycles. The van der Waals surface area contributed by atoms with Crippen LogP contribution in [0.4, 0.5) is 5.69 Å². The molecule has 2 aromatic carbocycles. The van der Waals surface area contributed by atoms with E-state index in [0.717, 1.165) is 66.0 Å². The lowest BCUT2D eigenvalue weighted by Crippen LogP contribution is -2.44. The Morgan fingerprint density at radius 2 is 1.81 bits per heavy atom. The molecule has 8 heteroatoms. The Labute approximate surface area is 216 Å². The second-order valence-corrected chi connectivity index (χ2v) is 10.5. The first kappa shape index (κ1) is 24.3. The van der Waals surface area contributed by atoms with Gasteiger partial charge in [0.25, 0.3) is 5.91 Å². The summed E-state index contributed by atoms with van der Waals surface area (Å²) < 4.78 is 5.35. The molecule has 1 fully saturated rings. The molecule has 0 radical (unpaired) electrons. The number of hydrogen-bond donors (Lipinski definition) is 1. The van der Waals surface area contributed by atoms with Crippen molar-refractivity contribution in [3.63, 3.8) is 0 Å². The number of aromatic nitrogens is 4. The third-order valence-electron chi connectivity index (χ3n) is 7.24. The molecular formula is C28H32N6OS. The van der Waals surface area contributed by atoms with Gasteiger partial charge in [-0.1, -0.05) is 19.4 Å². The van der Waals surface area contributed by atoms with Crippen LogP contribution in [0, 0.1) is 5.41 Å². The summed E-state index contributed by atoms with van der Waals surface area (Å²) in [4.78, 5) is 25.1. The van der Waals surface area contributed by atoms with Crippen LogP contribution in [0.1, 0.15) is 48.7 Å². The van der Waals surface area contributed by atoms with Crippen LogP contribution in [-0.4, -0.2) is 43.6 Å². The monoisotopic (exact) mass is 500 g/mol. The molecule has 0 aliphatic carbocycles. The number of amides is 1. The molecule has 0 spiro atoms. The first-order valence-corrected chi connectivity index (χ1v) is 13.4. The molecule has 0 bridgehead atoms. The number of rotatable bonds is 8. The average Bonchev–Trinajstić information content (AvgIpc) is 3.31. The van der Waals surface area contributed by atoms with E-state index in [2.05, 4.69) is 32.8 Å². The van der Waals surface area contributed by atoms with Crippen molar-refractivity contribution in [2.45, 2.75) is 43.9 Å². The summed E-state index contributed by atoms with van der Waals surface area (Å²) in [5.41, 5.74) is 4.94. The van der Waals surface area contributed by atoms with Crippen LogP contribution in [0.5, 0.6) is 0 Å². The second kappa shape index (κ2) is 10.7.